The van der Waals surface area contributed by atoms with E-state index in [1.807, 2.05) is 0 Å². The molecular weight excluding hydrogens is 516 g/mol. The normalized spacial score (nSPS) is 45.9. The van der Waals surface area contributed by atoms with E-state index in [4.69, 9.17) is 9.47 Å². The van der Waals surface area contributed by atoms with Gasteiger partial charge in [0.15, 0.2) is 0 Å². The van der Waals surface area contributed by atoms with Crippen LogP contribution in [0.5, 0.6) is 0 Å². The minimum absolute atomic E-state index is 0.0818. The fourth-order valence-corrected chi connectivity index (χ4v) is 11.9. The van der Waals surface area contributed by atoms with Gasteiger partial charge in [-0.3, -0.25) is 4.79 Å². The first-order valence-electron chi connectivity index (χ1n) is 17.2. The number of allylic oxidation sites excluding steroid dienone is 2. The lowest BCUT2D eigenvalue weighted by Gasteiger charge is -2.71. The van der Waals surface area contributed by atoms with Crippen LogP contribution in [0.3, 0.4) is 0 Å². The zero-order valence-electron chi connectivity index (χ0n) is 28.0. The molecule has 6 rings (SSSR count). The fourth-order valence-electron chi connectivity index (χ4n) is 11.9. The lowest BCUT2D eigenvalue weighted by Crippen LogP contribution is -2.64. The van der Waals surface area contributed by atoms with Crippen LogP contribution < -0.4 is 0 Å². The summed E-state index contributed by atoms with van der Waals surface area (Å²) in [6.45, 7) is 20.9. The summed E-state index contributed by atoms with van der Waals surface area (Å²) < 4.78 is 12.4. The summed E-state index contributed by atoms with van der Waals surface area (Å²) >= 11 is 0. The molecule has 0 aromatic heterocycles. The van der Waals surface area contributed by atoms with E-state index in [9.17, 15) is 4.79 Å². The molecule has 0 heterocycles. The van der Waals surface area contributed by atoms with Gasteiger partial charge in [0.25, 0.3) is 0 Å². The molecular formula is C39H58O3. The summed E-state index contributed by atoms with van der Waals surface area (Å²) in [7, 11) is 0. The molecule has 0 unspecified atom stereocenters. The van der Waals surface area contributed by atoms with Crippen LogP contribution in [0, 0.1) is 50.2 Å². The number of carbonyl (C=O) groups excluding carboxylic acids is 1. The maximum atomic E-state index is 11.7. The molecule has 4 saturated carbocycles. The first-order chi connectivity index (χ1) is 19.7. The highest BCUT2D eigenvalue weighted by Gasteiger charge is 2.68. The second-order valence-corrected chi connectivity index (χ2v) is 17.4. The van der Waals surface area contributed by atoms with Crippen LogP contribution in [-0.4, -0.2) is 18.7 Å². The average Bonchev–Trinajstić information content (AvgIpc) is 2.93. The van der Waals surface area contributed by atoms with Crippen molar-refractivity contribution in [2.75, 3.05) is 6.61 Å². The van der Waals surface area contributed by atoms with Crippen LogP contribution in [-0.2, 0) is 20.9 Å². The summed E-state index contributed by atoms with van der Waals surface area (Å²) in [5.41, 5.74) is 4.60. The Morgan fingerprint density at radius 1 is 0.857 bits per heavy atom. The first-order valence-corrected chi connectivity index (χ1v) is 17.2. The van der Waals surface area contributed by atoms with Gasteiger partial charge >= 0.3 is 5.97 Å². The van der Waals surface area contributed by atoms with Crippen molar-refractivity contribution in [3.63, 3.8) is 0 Å². The molecule has 232 valence electrons. The van der Waals surface area contributed by atoms with Gasteiger partial charge in [0.1, 0.15) is 0 Å². The Morgan fingerprint density at radius 3 is 2.29 bits per heavy atom. The molecule has 1 aromatic carbocycles. The van der Waals surface area contributed by atoms with Gasteiger partial charge in [-0.1, -0.05) is 90.4 Å². The predicted octanol–water partition coefficient (Wildman–Crippen LogP) is 9.94. The minimum Gasteiger partial charge on any atom is -0.465 e. The van der Waals surface area contributed by atoms with Gasteiger partial charge in [-0.05, 0) is 115 Å². The Hall–Kier alpha value is -1.61. The Labute approximate surface area is 256 Å². The van der Waals surface area contributed by atoms with Crippen molar-refractivity contribution in [2.45, 2.75) is 132 Å². The molecule has 9 atom stereocenters. The van der Waals surface area contributed by atoms with Crippen LogP contribution in [0.4, 0.5) is 0 Å². The number of esters is 1. The second-order valence-electron chi connectivity index (χ2n) is 17.4. The maximum absolute atomic E-state index is 11.7. The van der Waals surface area contributed by atoms with Gasteiger partial charge in [-0.25, -0.2) is 0 Å². The van der Waals surface area contributed by atoms with E-state index in [1.54, 1.807) is 12.5 Å². The van der Waals surface area contributed by atoms with Crippen molar-refractivity contribution in [3.05, 3.63) is 47.5 Å². The third kappa shape index (κ3) is 4.57. The number of benzene rings is 1. The van der Waals surface area contributed by atoms with Crippen molar-refractivity contribution < 1.29 is 14.3 Å². The number of fused-ring (bicyclic) bond motifs is 7. The van der Waals surface area contributed by atoms with E-state index in [0.717, 1.165) is 13.0 Å². The Balaban J connectivity index is 1.27. The third-order valence-electron chi connectivity index (χ3n) is 14.8. The van der Waals surface area contributed by atoms with Crippen LogP contribution >= 0.6 is 0 Å². The van der Waals surface area contributed by atoms with Gasteiger partial charge < -0.3 is 9.47 Å². The van der Waals surface area contributed by atoms with Crippen LogP contribution in [0.1, 0.15) is 125 Å². The fraction of sp³-hybridized carbons (Fsp3) is 0.769. The molecule has 0 aliphatic heterocycles. The van der Waals surface area contributed by atoms with E-state index in [1.165, 1.54) is 63.4 Å². The van der Waals surface area contributed by atoms with Gasteiger partial charge in [-0.15, -0.1) is 0 Å². The maximum Gasteiger partial charge on any atom is 0.302 e. The van der Waals surface area contributed by atoms with E-state index in [0.29, 0.717) is 46.7 Å². The standard InChI is InChI=1S/C39H58O3/c1-27(40)42-26-35(4)20-21-36(5)22-23-38(7)29(30(36)24-35)14-15-32-37(6)18-17-33(41-25-28-12-10-9-11-13-28)34(2,3)31(37)16-19-39(32,38)8/h9-14,30-33H,15-26H2,1-8H3/t30-,31-,32+,33-,35-,36+,37-,38+,39+/m0/s1. The van der Waals surface area contributed by atoms with Gasteiger partial charge in [0.05, 0.1) is 19.3 Å². The molecule has 42 heavy (non-hydrogen) atoms. The Kier molecular flexibility index (Phi) is 7.40. The summed E-state index contributed by atoms with van der Waals surface area (Å²) in [5, 5.41) is 0. The number of rotatable bonds is 5. The highest BCUT2D eigenvalue weighted by molar-refractivity contribution is 5.65. The summed E-state index contributed by atoms with van der Waals surface area (Å²) in [4.78, 5) is 11.7. The zero-order chi connectivity index (χ0) is 30.2. The van der Waals surface area contributed by atoms with E-state index in [-0.39, 0.29) is 22.2 Å². The monoisotopic (exact) mass is 574 g/mol. The van der Waals surface area contributed by atoms with Crippen molar-refractivity contribution in [1.82, 2.24) is 0 Å². The number of ether oxygens (including phenoxy) is 2. The topological polar surface area (TPSA) is 35.5 Å². The summed E-state index contributed by atoms with van der Waals surface area (Å²) in [6, 6.07) is 10.7. The van der Waals surface area contributed by atoms with Gasteiger partial charge in [0, 0.05) is 12.3 Å². The second kappa shape index (κ2) is 10.2. The molecule has 5 aliphatic rings. The van der Waals surface area contributed by atoms with Crippen molar-refractivity contribution >= 4 is 5.97 Å². The highest BCUT2D eigenvalue weighted by atomic mass is 16.5. The first kappa shape index (κ1) is 30.4. The minimum atomic E-state index is -0.140. The van der Waals surface area contributed by atoms with Crippen molar-refractivity contribution in [1.29, 1.82) is 0 Å². The van der Waals surface area contributed by atoms with Crippen molar-refractivity contribution in [2.24, 2.45) is 50.2 Å². The molecule has 0 N–H and O–H groups in total. The molecule has 0 bridgehead atoms. The number of carbonyl (C=O) groups is 1. The number of hydrogen-bond donors (Lipinski definition) is 0. The van der Waals surface area contributed by atoms with Gasteiger partial charge in [0.2, 0.25) is 0 Å². The lowest BCUT2D eigenvalue weighted by molar-refractivity contribution is -0.213. The molecule has 3 heteroatoms. The molecule has 0 saturated heterocycles. The van der Waals surface area contributed by atoms with Crippen molar-refractivity contribution in [3.8, 4) is 0 Å². The SMILES string of the molecule is CC(=O)OC[C@@]1(C)CC[C@]2(C)CC[C@]3(C)C(=CC[C@@H]4[C@@]5(C)CC[C@H](OCc6ccccc6)C(C)(C)[C@@H]5CC[C@]43C)[C@@H]2C1. The Bertz CT molecular complexity index is 1220. The zero-order valence-corrected chi connectivity index (χ0v) is 28.0. The predicted molar refractivity (Wildman–Crippen MR) is 171 cm³/mol. The smallest absolute Gasteiger partial charge is 0.302 e. The third-order valence-corrected chi connectivity index (χ3v) is 14.8. The molecule has 4 fully saturated rings. The molecule has 0 amide bonds. The largest absolute Gasteiger partial charge is 0.465 e. The summed E-state index contributed by atoms with van der Waals surface area (Å²) in [5.74, 6) is 1.87. The van der Waals surface area contributed by atoms with E-state index < -0.39 is 0 Å². The average molecular weight is 575 g/mol. The van der Waals surface area contributed by atoms with Crippen LogP contribution in [0.2, 0.25) is 0 Å². The van der Waals surface area contributed by atoms with Crippen LogP contribution in [0.25, 0.3) is 0 Å². The van der Waals surface area contributed by atoms with Gasteiger partial charge in [-0.2, -0.15) is 0 Å². The highest BCUT2D eigenvalue weighted by Crippen LogP contribution is 2.75. The lowest BCUT2D eigenvalue weighted by atomic mass is 9.33. The quantitative estimate of drug-likeness (QED) is 0.259. The molecule has 1 aromatic rings. The number of hydrogen-bond acceptors (Lipinski definition) is 3. The molecule has 5 aliphatic carbocycles. The molecule has 3 nitrogen and oxygen atoms in total. The Morgan fingerprint density at radius 2 is 1.57 bits per heavy atom. The molecule has 0 spiro atoms. The molecule has 0 radical (unpaired) electrons. The van der Waals surface area contributed by atoms with Crippen LogP contribution in [0.15, 0.2) is 42.0 Å². The summed E-state index contributed by atoms with van der Waals surface area (Å²) in [6.07, 6.45) is 15.6. The van der Waals surface area contributed by atoms with E-state index >= 15 is 0 Å². The van der Waals surface area contributed by atoms with E-state index in [2.05, 4.69) is 84.9 Å².